The Kier molecular flexibility index (Phi) is 7.25. The van der Waals surface area contributed by atoms with Gasteiger partial charge in [0.1, 0.15) is 18.5 Å². The lowest BCUT2D eigenvalue weighted by atomic mass is 9.88. The van der Waals surface area contributed by atoms with Gasteiger partial charge in [-0.3, -0.25) is 9.69 Å². The summed E-state index contributed by atoms with van der Waals surface area (Å²) in [5, 5.41) is 11.9. The van der Waals surface area contributed by atoms with Crippen LogP contribution < -0.4 is 10.1 Å². The standard InChI is InChI=1S/C23H34N2O5/c26-12-14-28-19-4-1-3-18(15-19)17-25-10-8-23(9-11-25)7-6-20(30-23)16-24-22(27)21-5-2-13-29-21/h1,3-4,15,20-21,26H,2,5-14,16-17H2,(H,24,27)/t20-,21-/m0/s1. The summed E-state index contributed by atoms with van der Waals surface area (Å²) < 4.78 is 17.4. The van der Waals surface area contributed by atoms with Crippen molar-refractivity contribution in [3.63, 3.8) is 0 Å². The third kappa shape index (κ3) is 5.52. The van der Waals surface area contributed by atoms with E-state index in [-0.39, 0.29) is 30.3 Å². The molecule has 166 valence electrons. The smallest absolute Gasteiger partial charge is 0.249 e. The molecule has 3 heterocycles. The van der Waals surface area contributed by atoms with Gasteiger partial charge in [0.2, 0.25) is 5.91 Å². The van der Waals surface area contributed by atoms with Crippen molar-refractivity contribution in [1.82, 2.24) is 10.2 Å². The Hall–Kier alpha value is -1.67. The molecule has 3 saturated heterocycles. The van der Waals surface area contributed by atoms with Crippen LogP contribution in [0.5, 0.6) is 5.75 Å². The number of likely N-dealkylation sites (tertiary alicyclic amines) is 1. The minimum absolute atomic E-state index is 0.0112. The van der Waals surface area contributed by atoms with Crippen LogP contribution in [0, 0.1) is 0 Å². The quantitative estimate of drug-likeness (QED) is 0.671. The molecule has 3 aliphatic rings. The van der Waals surface area contributed by atoms with Gasteiger partial charge in [0.25, 0.3) is 0 Å². The molecule has 0 unspecified atom stereocenters. The molecule has 0 radical (unpaired) electrons. The fourth-order valence-corrected chi connectivity index (χ4v) is 4.79. The number of amides is 1. The number of carbonyl (C=O) groups excluding carboxylic acids is 1. The summed E-state index contributed by atoms with van der Waals surface area (Å²) in [6, 6.07) is 8.10. The minimum Gasteiger partial charge on any atom is -0.491 e. The zero-order valence-electron chi connectivity index (χ0n) is 17.7. The Labute approximate surface area is 178 Å². The molecule has 1 aromatic rings. The van der Waals surface area contributed by atoms with Crippen LogP contribution in [-0.4, -0.2) is 73.2 Å². The molecule has 2 N–H and O–H groups in total. The van der Waals surface area contributed by atoms with Crippen LogP contribution >= 0.6 is 0 Å². The van der Waals surface area contributed by atoms with E-state index in [4.69, 9.17) is 19.3 Å². The molecule has 0 aromatic heterocycles. The first-order chi connectivity index (χ1) is 14.7. The summed E-state index contributed by atoms with van der Waals surface area (Å²) in [5.41, 5.74) is 1.20. The molecule has 0 bridgehead atoms. The highest BCUT2D eigenvalue weighted by molar-refractivity contribution is 5.80. The highest BCUT2D eigenvalue weighted by Crippen LogP contribution is 2.39. The van der Waals surface area contributed by atoms with Gasteiger partial charge in [-0.2, -0.15) is 0 Å². The fourth-order valence-electron chi connectivity index (χ4n) is 4.79. The number of piperidine rings is 1. The molecule has 3 fully saturated rings. The first-order valence-corrected chi connectivity index (χ1v) is 11.3. The second kappa shape index (κ2) is 10.1. The van der Waals surface area contributed by atoms with E-state index in [9.17, 15) is 4.79 Å². The Morgan fingerprint density at radius 1 is 1.27 bits per heavy atom. The maximum absolute atomic E-state index is 12.1. The van der Waals surface area contributed by atoms with E-state index in [1.165, 1.54) is 5.56 Å². The Morgan fingerprint density at radius 2 is 2.13 bits per heavy atom. The van der Waals surface area contributed by atoms with Gasteiger partial charge in [0.05, 0.1) is 18.3 Å². The topological polar surface area (TPSA) is 80.3 Å². The predicted molar refractivity (Wildman–Crippen MR) is 112 cm³/mol. The van der Waals surface area contributed by atoms with Crippen molar-refractivity contribution in [2.24, 2.45) is 0 Å². The number of ether oxygens (including phenoxy) is 3. The predicted octanol–water partition coefficient (Wildman–Crippen LogP) is 1.87. The highest BCUT2D eigenvalue weighted by atomic mass is 16.5. The summed E-state index contributed by atoms with van der Waals surface area (Å²) in [5.74, 6) is 0.819. The van der Waals surface area contributed by atoms with Gasteiger partial charge in [-0.1, -0.05) is 12.1 Å². The van der Waals surface area contributed by atoms with Crippen LogP contribution in [0.25, 0.3) is 0 Å². The molecule has 1 spiro atoms. The van der Waals surface area contributed by atoms with E-state index in [2.05, 4.69) is 22.3 Å². The van der Waals surface area contributed by atoms with Gasteiger partial charge in [-0.05, 0) is 56.2 Å². The summed E-state index contributed by atoms with van der Waals surface area (Å²) in [6.45, 7) is 4.54. The van der Waals surface area contributed by atoms with Gasteiger partial charge < -0.3 is 24.6 Å². The van der Waals surface area contributed by atoms with Crippen LogP contribution in [0.2, 0.25) is 0 Å². The van der Waals surface area contributed by atoms with Crippen molar-refractivity contribution in [3.8, 4) is 5.75 Å². The molecule has 7 heteroatoms. The molecule has 1 amide bonds. The van der Waals surface area contributed by atoms with Crippen molar-refractivity contribution in [3.05, 3.63) is 29.8 Å². The third-order valence-corrected chi connectivity index (χ3v) is 6.50. The molecular formula is C23H34N2O5. The lowest BCUT2D eigenvalue weighted by molar-refractivity contribution is -0.131. The highest BCUT2D eigenvalue weighted by Gasteiger charge is 2.42. The van der Waals surface area contributed by atoms with Gasteiger partial charge in [0, 0.05) is 32.8 Å². The first-order valence-electron chi connectivity index (χ1n) is 11.3. The number of hydrogen-bond donors (Lipinski definition) is 2. The lowest BCUT2D eigenvalue weighted by Crippen LogP contribution is -2.45. The van der Waals surface area contributed by atoms with E-state index in [0.29, 0.717) is 19.8 Å². The maximum Gasteiger partial charge on any atom is 0.249 e. The Bertz CT molecular complexity index is 699. The molecule has 0 aliphatic carbocycles. The van der Waals surface area contributed by atoms with Gasteiger partial charge in [-0.25, -0.2) is 0 Å². The number of nitrogens with zero attached hydrogens (tertiary/aromatic N) is 1. The first kappa shape index (κ1) is 21.6. The van der Waals surface area contributed by atoms with Crippen LogP contribution in [-0.2, 0) is 20.8 Å². The largest absolute Gasteiger partial charge is 0.491 e. The van der Waals surface area contributed by atoms with Crippen LogP contribution in [0.3, 0.4) is 0 Å². The average molecular weight is 419 g/mol. The van der Waals surface area contributed by atoms with Crippen molar-refractivity contribution < 1.29 is 24.1 Å². The van der Waals surface area contributed by atoms with Crippen LogP contribution in [0.4, 0.5) is 0 Å². The number of aliphatic hydroxyl groups excluding tert-OH is 1. The number of hydrogen-bond acceptors (Lipinski definition) is 6. The molecule has 2 atom stereocenters. The molecule has 4 rings (SSSR count). The van der Waals surface area contributed by atoms with Crippen molar-refractivity contribution in [2.45, 2.75) is 62.9 Å². The van der Waals surface area contributed by atoms with Crippen molar-refractivity contribution in [2.75, 3.05) is 39.5 Å². The van der Waals surface area contributed by atoms with Crippen LogP contribution in [0.1, 0.15) is 44.1 Å². The number of rotatable bonds is 8. The summed E-state index contributed by atoms with van der Waals surface area (Å²) in [4.78, 5) is 14.6. The Balaban J connectivity index is 1.20. The third-order valence-electron chi connectivity index (χ3n) is 6.50. The van der Waals surface area contributed by atoms with Gasteiger partial charge in [-0.15, -0.1) is 0 Å². The number of benzene rings is 1. The molecule has 30 heavy (non-hydrogen) atoms. The van der Waals surface area contributed by atoms with Gasteiger partial charge >= 0.3 is 0 Å². The van der Waals surface area contributed by atoms with Crippen molar-refractivity contribution in [1.29, 1.82) is 0 Å². The average Bonchev–Trinajstić information content (AvgIpc) is 3.44. The fraction of sp³-hybridized carbons (Fsp3) is 0.696. The van der Waals surface area contributed by atoms with Crippen LogP contribution in [0.15, 0.2) is 24.3 Å². The lowest BCUT2D eigenvalue weighted by Gasteiger charge is -2.39. The molecule has 7 nitrogen and oxygen atoms in total. The SMILES string of the molecule is O=C(NC[C@@H]1CCC2(CCN(Cc3cccc(OCCO)c3)CC2)O1)[C@@H]1CCCO1. The number of nitrogens with one attached hydrogen (secondary N) is 1. The summed E-state index contributed by atoms with van der Waals surface area (Å²) in [7, 11) is 0. The molecule has 0 saturated carbocycles. The molecule has 1 aromatic carbocycles. The van der Waals surface area contributed by atoms with E-state index >= 15 is 0 Å². The number of aliphatic hydroxyl groups is 1. The second-order valence-corrected chi connectivity index (χ2v) is 8.70. The number of carbonyl (C=O) groups is 1. The summed E-state index contributed by atoms with van der Waals surface area (Å²) >= 11 is 0. The molecular weight excluding hydrogens is 384 g/mol. The second-order valence-electron chi connectivity index (χ2n) is 8.70. The van der Waals surface area contributed by atoms with E-state index < -0.39 is 0 Å². The normalized spacial score (nSPS) is 26.2. The zero-order valence-corrected chi connectivity index (χ0v) is 17.7. The molecule has 3 aliphatic heterocycles. The van der Waals surface area contributed by atoms with Crippen molar-refractivity contribution >= 4 is 5.91 Å². The van der Waals surface area contributed by atoms with E-state index in [0.717, 1.165) is 63.9 Å². The zero-order chi connectivity index (χ0) is 20.8. The minimum atomic E-state index is -0.267. The van der Waals surface area contributed by atoms with E-state index in [1.54, 1.807) is 0 Å². The monoisotopic (exact) mass is 418 g/mol. The summed E-state index contributed by atoms with van der Waals surface area (Å²) in [6.07, 6.45) is 5.79. The van der Waals surface area contributed by atoms with E-state index in [1.807, 2.05) is 12.1 Å². The van der Waals surface area contributed by atoms with Gasteiger partial charge in [0.15, 0.2) is 0 Å². The Morgan fingerprint density at radius 3 is 2.90 bits per heavy atom. The maximum atomic E-state index is 12.1.